The molecule has 2 aliphatic rings. The highest BCUT2D eigenvalue weighted by Gasteiger charge is 2.36. The first-order valence-electron chi connectivity index (χ1n) is 13.0. The molecule has 5 rings (SSSR count). The summed E-state index contributed by atoms with van der Waals surface area (Å²) < 4.78 is 94.4. The quantitative estimate of drug-likeness (QED) is 0.275. The van der Waals surface area contributed by atoms with Gasteiger partial charge in [-0.15, -0.1) is 13.2 Å². The van der Waals surface area contributed by atoms with Crippen LogP contribution in [-0.2, 0) is 10.8 Å². The fourth-order valence-corrected chi connectivity index (χ4v) is 5.54. The molecule has 0 aromatic heterocycles. The summed E-state index contributed by atoms with van der Waals surface area (Å²) in [6.07, 6.45) is -1.45. The van der Waals surface area contributed by atoms with Crippen molar-refractivity contribution in [2.45, 2.75) is 57.1 Å². The average molecular weight is 551 g/mol. The molecule has 0 radical (unpaired) electrons. The first-order valence-corrected chi connectivity index (χ1v) is 13.0. The maximum atomic E-state index is 14.7. The van der Waals surface area contributed by atoms with E-state index in [0.29, 0.717) is 23.6 Å². The van der Waals surface area contributed by atoms with Crippen molar-refractivity contribution < 1.29 is 40.6 Å². The molecular weight excluding hydrogens is 522 g/mol. The molecule has 3 nitrogen and oxygen atoms in total. The van der Waals surface area contributed by atoms with Gasteiger partial charge < -0.3 is 14.2 Å². The van der Waals surface area contributed by atoms with Crippen molar-refractivity contribution in [1.82, 2.24) is 0 Å². The van der Waals surface area contributed by atoms with E-state index >= 15 is 0 Å². The van der Waals surface area contributed by atoms with Crippen LogP contribution in [0.5, 0.6) is 11.5 Å². The molecule has 0 spiro atoms. The number of hydrogen-bond acceptors (Lipinski definition) is 3. The van der Waals surface area contributed by atoms with Crippen LogP contribution in [0.1, 0.15) is 55.8 Å². The van der Waals surface area contributed by atoms with Gasteiger partial charge in [-0.25, -0.2) is 4.39 Å². The van der Waals surface area contributed by atoms with Crippen LogP contribution in [0.4, 0.5) is 26.3 Å². The van der Waals surface area contributed by atoms with Crippen molar-refractivity contribution >= 4 is 0 Å². The predicted molar refractivity (Wildman–Crippen MR) is 133 cm³/mol. The van der Waals surface area contributed by atoms with Gasteiger partial charge in [-0.05, 0) is 65.6 Å². The molecule has 0 bridgehead atoms. The lowest BCUT2D eigenvalue weighted by Crippen LogP contribution is -2.25. The number of alkyl halides is 5. The van der Waals surface area contributed by atoms with Gasteiger partial charge in [0.25, 0.3) is 0 Å². The Morgan fingerprint density at radius 1 is 0.692 bits per heavy atom. The third kappa shape index (κ3) is 6.69. The van der Waals surface area contributed by atoms with Crippen LogP contribution in [0.25, 0.3) is 11.1 Å². The zero-order valence-corrected chi connectivity index (χ0v) is 21.0. The summed E-state index contributed by atoms with van der Waals surface area (Å²) in [7, 11) is 0. The van der Waals surface area contributed by atoms with Crippen LogP contribution in [-0.4, -0.2) is 13.0 Å². The van der Waals surface area contributed by atoms with Crippen molar-refractivity contribution in [3.63, 3.8) is 0 Å². The van der Waals surface area contributed by atoms with Gasteiger partial charge in [0.2, 0.25) is 0 Å². The Bertz CT molecular complexity index is 1240. The lowest BCUT2D eigenvalue weighted by Gasteiger charge is -2.32. The lowest BCUT2D eigenvalue weighted by molar-refractivity contribution is -0.275. The second-order valence-corrected chi connectivity index (χ2v) is 10.2. The van der Waals surface area contributed by atoms with Gasteiger partial charge in [-0.2, -0.15) is 8.78 Å². The van der Waals surface area contributed by atoms with E-state index in [-0.39, 0.29) is 6.10 Å². The van der Waals surface area contributed by atoms with E-state index in [1.54, 1.807) is 0 Å². The maximum Gasteiger partial charge on any atom is 0.573 e. The summed E-state index contributed by atoms with van der Waals surface area (Å²) in [5, 5.41) is 0. The molecule has 1 saturated heterocycles. The van der Waals surface area contributed by atoms with Crippen LogP contribution in [0.3, 0.4) is 0 Å². The number of ether oxygens (including phenoxy) is 3. The van der Waals surface area contributed by atoms with E-state index in [2.05, 4.69) is 9.47 Å². The first kappa shape index (κ1) is 27.4. The molecule has 1 saturated carbocycles. The summed E-state index contributed by atoms with van der Waals surface area (Å²) in [5.74, 6) is -1.81. The van der Waals surface area contributed by atoms with Gasteiger partial charge in [-0.3, -0.25) is 0 Å². The largest absolute Gasteiger partial charge is 0.573 e. The Morgan fingerprint density at radius 2 is 1.33 bits per heavy atom. The minimum atomic E-state index is -5.11. The van der Waals surface area contributed by atoms with Gasteiger partial charge in [0.05, 0.1) is 18.3 Å². The molecule has 2 fully saturated rings. The van der Waals surface area contributed by atoms with Gasteiger partial charge in [-0.1, -0.05) is 62.1 Å². The normalized spacial score (nSPS) is 20.7. The molecule has 1 aliphatic heterocycles. The Balaban J connectivity index is 1.20. The topological polar surface area (TPSA) is 27.7 Å². The molecule has 2 atom stereocenters. The fourth-order valence-electron chi connectivity index (χ4n) is 5.54. The second-order valence-electron chi connectivity index (χ2n) is 10.2. The lowest BCUT2D eigenvalue weighted by atomic mass is 9.84. The van der Waals surface area contributed by atoms with E-state index in [1.165, 1.54) is 56.4 Å². The van der Waals surface area contributed by atoms with Gasteiger partial charge in [0.15, 0.2) is 11.6 Å². The average Bonchev–Trinajstić information content (AvgIpc) is 3.45. The summed E-state index contributed by atoms with van der Waals surface area (Å²) in [4.78, 5) is 0. The minimum Gasteiger partial charge on any atom is -0.429 e. The highest BCUT2D eigenvalue weighted by atomic mass is 19.4. The molecule has 9 heteroatoms. The van der Waals surface area contributed by atoms with Crippen molar-refractivity contribution in [2.24, 2.45) is 11.8 Å². The molecule has 0 amide bonds. The van der Waals surface area contributed by atoms with Crippen molar-refractivity contribution in [1.29, 1.82) is 0 Å². The predicted octanol–water partition coefficient (Wildman–Crippen LogP) is 9.18. The molecule has 3 aromatic rings. The molecule has 208 valence electrons. The molecular formula is C30H28F6O3. The van der Waals surface area contributed by atoms with Crippen LogP contribution in [0, 0.1) is 17.7 Å². The fraction of sp³-hybridized carbons (Fsp3) is 0.400. The number of rotatable bonds is 7. The van der Waals surface area contributed by atoms with E-state index in [1.807, 2.05) is 24.3 Å². The van der Waals surface area contributed by atoms with Crippen molar-refractivity contribution in [3.05, 3.63) is 83.7 Å². The highest BCUT2D eigenvalue weighted by Crippen LogP contribution is 2.40. The number of hydrogen-bond donors (Lipinski definition) is 0. The van der Waals surface area contributed by atoms with Crippen molar-refractivity contribution in [3.8, 4) is 22.6 Å². The van der Waals surface area contributed by atoms with Crippen LogP contribution >= 0.6 is 0 Å². The maximum absolute atomic E-state index is 14.7. The smallest absolute Gasteiger partial charge is 0.429 e. The van der Waals surface area contributed by atoms with E-state index in [9.17, 15) is 26.3 Å². The van der Waals surface area contributed by atoms with E-state index < -0.39 is 35.4 Å². The summed E-state index contributed by atoms with van der Waals surface area (Å²) in [6.45, 7) is 0.799. The van der Waals surface area contributed by atoms with Crippen LogP contribution in [0.2, 0.25) is 0 Å². The van der Waals surface area contributed by atoms with Gasteiger partial charge in [0.1, 0.15) is 5.75 Å². The van der Waals surface area contributed by atoms with Crippen molar-refractivity contribution in [2.75, 3.05) is 6.61 Å². The molecule has 3 aromatic carbocycles. The third-order valence-electron chi connectivity index (χ3n) is 7.59. The summed E-state index contributed by atoms with van der Waals surface area (Å²) >= 11 is 0. The van der Waals surface area contributed by atoms with Gasteiger partial charge >= 0.3 is 12.5 Å². The Hall–Kier alpha value is -3.20. The number of benzene rings is 3. The Labute approximate surface area is 222 Å². The van der Waals surface area contributed by atoms with Crippen LogP contribution in [0.15, 0.2) is 66.7 Å². The minimum absolute atomic E-state index is 0.0637. The first-order chi connectivity index (χ1) is 18.6. The molecule has 2 unspecified atom stereocenters. The second kappa shape index (κ2) is 11.1. The monoisotopic (exact) mass is 550 g/mol. The Kier molecular flexibility index (Phi) is 7.80. The summed E-state index contributed by atoms with van der Waals surface area (Å²) in [5.41, 5.74) is 2.16. The summed E-state index contributed by atoms with van der Waals surface area (Å²) in [6, 6.07) is 15.0. The molecule has 1 aliphatic carbocycles. The molecule has 39 heavy (non-hydrogen) atoms. The SMILES string of the molecule is Fc1cc(OC(F)(F)c2ccc(-c3ccc(C4CCC(C5CCCC5)CO4)cc3)cc2)ccc1OC(F)(F)F. The van der Waals surface area contributed by atoms with E-state index in [0.717, 1.165) is 36.1 Å². The highest BCUT2D eigenvalue weighted by molar-refractivity contribution is 5.64. The van der Waals surface area contributed by atoms with E-state index in [4.69, 9.17) is 4.74 Å². The van der Waals surface area contributed by atoms with Gasteiger partial charge in [0, 0.05) is 6.07 Å². The Morgan fingerprint density at radius 3 is 1.90 bits per heavy atom. The molecule has 0 N–H and O–H groups in total. The zero-order valence-electron chi connectivity index (χ0n) is 21.0. The standard InChI is InChI=1S/C30H28F6O3/c31-26-17-25(14-16-28(26)39-30(34,35)36)38-29(32,33)24-12-9-21(10-13-24)20-5-7-22(8-6-20)27-15-11-23(18-37-27)19-3-1-2-4-19/h5-10,12-14,16-17,19,23,27H,1-4,11,15,18H2. The molecule has 1 heterocycles. The number of halogens is 6. The van der Waals surface area contributed by atoms with Crippen LogP contribution < -0.4 is 9.47 Å². The third-order valence-corrected chi connectivity index (χ3v) is 7.59. The zero-order chi connectivity index (χ0) is 27.6.